The van der Waals surface area contributed by atoms with Crippen molar-refractivity contribution in [2.75, 3.05) is 13.1 Å². The van der Waals surface area contributed by atoms with Crippen molar-refractivity contribution < 1.29 is 0 Å². The van der Waals surface area contributed by atoms with Gasteiger partial charge in [-0.05, 0) is 31.1 Å². The maximum atomic E-state index is 8.63. The highest BCUT2D eigenvalue weighted by Crippen LogP contribution is 2.48. The largest absolute Gasteiger partial charge is 0.311 e. The summed E-state index contributed by atoms with van der Waals surface area (Å²) in [4.78, 5) is 1.89. The minimum Gasteiger partial charge on any atom is -0.311 e. The van der Waals surface area contributed by atoms with Crippen LogP contribution in [-0.2, 0) is 0 Å². The molecule has 1 aliphatic carbocycles. The molecular formula is C9H14N2. The van der Waals surface area contributed by atoms with Crippen LogP contribution in [0.2, 0.25) is 0 Å². The van der Waals surface area contributed by atoms with E-state index in [4.69, 9.17) is 5.26 Å². The zero-order chi connectivity index (χ0) is 7.73. The molecule has 0 amide bonds. The predicted octanol–water partition coefficient (Wildman–Crippen LogP) is 1.73. The zero-order valence-electron chi connectivity index (χ0n) is 6.84. The maximum absolute atomic E-state index is 8.63. The number of rotatable bonds is 0. The van der Waals surface area contributed by atoms with Gasteiger partial charge in [0.15, 0.2) is 6.19 Å². The van der Waals surface area contributed by atoms with Gasteiger partial charge in [0.2, 0.25) is 0 Å². The molecule has 11 heavy (non-hydrogen) atoms. The SMILES string of the molecule is N#CN1CCC2(CCC2)CC1. The van der Waals surface area contributed by atoms with Crippen molar-refractivity contribution in [2.45, 2.75) is 32.1 Å². The van der Waals surface area contributed by atoms with Gasteiger partial charge in [0.25, 0.3) is 0 Å². The quantitative estimate of drug-likeness (QED) is 0.492. The number of nitrogens with zero attached hydrogens (tertiary/aromatic N) is 2. The number of hydrogen-bond acceptors (Lipinski definition) is 2. The Morgan fingerprint density at radius 1 is 1.09 bits per heavy atom. The lowest BCUT2D eigenvalue weighted by atomic mass is 9.63. The molecule has 1 heterocycles. The predicted molar refractivity (Wildman–Crippen MR) is 42.7 cm³/mol. The Balaban J connectivity index is 1.90. The van der Waals surface area contributed by atoms with Gasteiger partial charge in [0.1, 0.15) is 0 Å². The van der Waals surface area contributed by atoms with Gasteiger partial charge in [-0.1, -0.05) is 6.42 Å². The molecule has 0 aromatic carbocycles. The molecule has 2 aliphatic rings. The topological polar surface area (TPSA) is 27.0 Å². The summed E-state index contributed by atoms with van der Waals surface area (Å²) in [5.74, 6) is 0. The molecule has 2 heteroatoms. The van der Waals surface area contributed by atoms with Crippen LogP contribution in [0.25, 0.3) is 0 Å². The molecule has 60 valence electrons. The van der Waals surface area contributed by atoms with Crippen molar-refractivity contribution in [3.63, 3.8) is 0 Å². The molecule has 1 spiro atoms. The molecule has 0 aromatic rings. The molecule has 2 rings (SSSR count). The van der Waals surface area contributed by atoms with Gasteiger partial charge in [-0.15, -0.1) is 0 Å². The molecule has 0 unspecified atom stereocenters. The van der Waals surface area contributed by atoms with E-state index in [-0.39, 0.29) is 0 Å². The minimum atomic E-state index is 0.688. The van der Waals surface area contributed by atoms with Gasteiger partial charge in [0, 0.05) is 13.1 Å². The van der Waals surface area contributed by atoms with Crippen LogP contribution in [0.3, 0.4) is 0 Å². The summed E-state index contributed by atoms with van der Waals surface area (Å²) in [6.45, 7) is 2.02. The highest BCUT2D eigenvalue weighted by Gasteiger charge is 2.39. The van der Waals surface area contributed by atoms with Crippen molar-refractivity contribution in [2.24, 2.45) is 5.41 Å². The third kappa shape index (κ3) is 1.09. The van der Waals surface area contributed by atoms with Crippen molar-refractivity contribution >= 4 is 0 Å². The summed E-state index contributed by atoms with van der Waals surface area (Å²) < 4.78 is 0. The molecule has 1 saturated carbocycles. The maximum Gasteiger partial charge on any atom is 0.179 e. The summed E-state index contributed by atoms with van der Waals surface area (Å²) in [6.07, 6.45) is 9.02. The normalized spacial score (nSPS) is 27.7. The second-order valence-corrected chi connectivity index (χ2v) is 3.94. The Kier molecular flexibility index (Phi) is 1.52. The van der Waals surface area contributed by atoms with Crippen molar-refractivity contribution in [1.29, 1.82) is 5.26 Å². The van der Waals surface area contributed by atoms with Gasteiger partial charge in [-0.2, -0.15) is 5.26 Å². The Morgan fingerprint density at radius 2 is 1.73 bits per heavy atom. The molecule has 2 nitrogen and oxygen atoms in total. The van der Waals surface area contributed by atoms with Gasteiger partial charge in [-0.3, -0.25) is 0 Å². The van der Waals surface area contributed by atoms with Crippen LogP contribution in [0.5, 0.6) is 0 Å². The Bertz CT molecular complexity index is 178. The van der Waals surface area contributed by atoms with Gasteiger partial charge in [0.05, 0.1) is 0 Å². The monoisotopic (exact) mass is 150 g/mol. The van der Waals surface area contributed by atoms with Crippen LogP contribution in [0.1, 0.15) is 32.1 Å². The third-order valence-electron chi connectivity index (χ3n) is 3.38. The average molecular weight is 150 g/mol. The van der Waals surface area contributed by atoms with Crippen molar-refractivity contribution in [3.05, 3.63) is 0 Å². The van der Waals surface area contributed by atoms with Crippen LogP contribution in [0.15, 0.2) is 0 Å². The van der Waals surface area contributed by atoms with Crippen molar-refractivity contribution in [3.8, 4) is 6.19 Å². The van der Waals surface area contributed by atoms with E-state index in [1.165, 1.54) is 32.1 Å². The van der Waals surface area contributed by atoms with Gasteiger partial charge in [-0.25, -0.2) is 0 Å². The van der Waals surface area contributed by atoms with E-state index in [0.717, 1.165) is 13.1 Å². The van der Waals surface area contributed by atoms with Crippen LogP contribution in [0.4, 0.5) is 0 Å². The van der Waals surface area contributed by atoms with E-state index >= 15 is 0 Å². The molecular weight excluding hydrogens is 136 g/mol. The van der Waals surface area contributed by atoms with Crippen LogP contribution >= 0.6 is 0 Å². The number of piperidine rings is 1. The fourth-order valence-electron chi connectivity index (χ4n) is 2.26. The third-order valence-corrected chi connectivity index (χ3v) is 3.38. The van der Waals surface area contributed by atoms with Gasteiger partial charge >= 0.3 is 0 Å². The Labute approximate surface area is 67.8 Å². The minimum absolute atomic E-state index is 0.688. The first kappa shape index (κ1) is 6.97. The lowest BCUT2D eigenvalue weighted by Crippen LogP contribution is -2.41. The van der Waals surface area contributed by atoms with E-state index in [1.54, 1.807) is 0 Å². The molecule has 0 radical (unpaired) electrons. The Hall–Kier alpha value is -0.710. The van der Waals surface area contributed by atoms with Crippen molar-refractivity contribution in [1.82, 2.24) is 4.90 Å². The van der Waals surface area contributed by atoms with E-state index in [0.29, 0.717) is 5.41 Å². The highest BCUT2D eigenvalue weighted by molar-refractivity contribution is 4.94. The van der Waals surface area contributed by atoms with Crippen LogP contribution in [0, 0.1) is 16.9 Å². The second kappa shape index (κ2) is 2.41. The smallest absolute Gasteiger partial charge is 0.179 e. The second-order valence-electron chi connectivity index (χ2n) is 3.94. The molecule has 0 bridgehead atoms. The summed E-state index contributed by atoms with van der Waals surface area (Å²) >= 11 is 0. The first-order chi connectivity index (χ1) is 5.35. The summed E-state index contributed by atoms with van der Waals surface area (Å²) in [5, 5.41) is 8.63. The fraction of sp³-hybridized carbons (Fsp3) is 0.889. The average Bonchev–Trinajstić information content (AvgIpc) is 2.02. The van der Waals surface area contributed by atoms with E-state index in [1.807, 2.05) is 4.90 Å². The first-order valence-corrected chi connectivity index (χ1v) is 4.49. The first-order valence-electron chi connectivity index (χ1n) is 4.49. The summed E-state index contributed by atoms with van der Waals surface area (Å²) in [7, 11) is 0. The zero-order valence-corrected chi connectivity index (χ0v) is 6.84. The lowest BCUT2D eigenvalue weighted by molar-refractivity contribution is 0.0531. The van der Waals surface area contributed by atoms with Crippen LogP contribution in [-0.4, -0.2) is 18.0 Å². The highest BCUT2D eigenvalue weighted by atomic mass is 15.1. The van der Waals surface area contributed by atoms with E-state index in [9.17, 15) is 0 Å². The molecule has 1 aliphatic heterocycles. The number of nitriles is 1. The molecule has 2 fully saturated rings. The van der Waals surface area contributed by atoms with E-state index < -0.39 is 0 Å². The molecule has 0 atom stereocenters. The molecule has 0 aromatic heterocycles. The lowest BCUT2D eigenvalue weighted by Gasteiger charge is -2.46. The number of hydrogen-bond donors (Lipinski definition) is 0. The fourth-order valence-corrected chi connectivity index (χ4v) is 2.26. The molecule has 1 saturated heterocycles. The summed E-state index contributed by atoms with van der Waals surface area (Å²) in [5.41, 5.74) is 0.688. The number of likely N-dealkylation sites (tertiary alicyclic amines) is 1. The van der Waals surface area contributed by atoms with Gasteiger partial charge < -0.3 is 4.90 Å². The van der Waals surface area contributed by atoms with E-state index in [2.05, 4.69) is 6.19 Å². The standard InChI is InChI=1S/C9H14N2/c10-8-11-6-4-9(5-7-11)2-1-3-9/h1-7H2. The summed E-state index contributed by atoms with van der Waals surface area (Å²) in [6, 6.07) is 0. The Morgan fingerprint density at radius 3 is 2.09 bits per heavy atom. The van der Waals surface area contributed by atoms with Crippen LogP contribution < -0.4 is 0 Å². The molecule has 0 N–H and O–H groups in total.